The molecule has 70 valence electrons. The van der Waals surface area contributed by atoms with E-state index in [4.69, 9.17) is 4.74 Å². The van der Waals surface area contributed by atoms with Crippen molar-refractivity contribution in [2.24, 2.45) is 0 Å². The topological polar surface area (TPSA) is 35.5 Å². The summed E-state index contributed by atoms with van der Waals surface area (Å²) in [6.45, 7) is 1.98. The van der Waals surface area contributed by atoms with Gasteiger partial charge in [0, 0.05) is 6.61 Å². The van der Waals surface area contributed by atoms with Crippen LogP contribution in [0.15, 0.2) is 0 Å². The Bertz CT molecular complexity index is 119. The molecule has 0 spiro atoms. The number of carbonyl (C=O) groups excluding carboxylic acids is 1. The largest absolute Gasteiger partial charge is 0.468 e. The van der Waals surface area contributed by atoms with Crippen molar-refractivity contribution in [3.63, 3.8) is 0 Å². The van der Waals surface area contributed by atoms with Gasteiger partial charge in [-0.15, -0.1) is 0 Å². The maximum absolute atomic E-state index is 9.78. The van der Waals surface area contributed by atoms with Crippen molar-refractivity contribution in [2.45, 2.75) is 38.2 Å². The summed E-state index contributed by atoms with van der Waals surface area (Å²) < 4.78 is 10.0. The lowest BCUT2D eigenvalue weighted by molar-refractivity contribution is -0.128. The van der Waals surface area contributed by atoms with Crippen molar-refractivity contribution in [1.29, 1.82) is 0 Å². The highest BCUT2D eigenvalue weighted by Crippen LogP contribution is 2.17. The van der Waals surface area contributed by atoms with Crippen molar-refractivity contribution < 1.29 is 14.3 Å². The lowest BCUT2D eigenvalue weighted by atomic mass is 10.1. The zero-order valence-corrected chi connectivity index (χ0v) is 7.33. The Morgan fingerprint density at radius 2 is 2.42 bits per heavy atom. The van der Waals surface area contributed by atoms with Crippen LogP contribution in [-0.2, 0) is 14.3 Å². The Morgan fingerprint density at radius 1 is 1.50 bits per heavy atom. The maximum Gasteiger partial charge on any atom is 0.293 e. The monoisotopic (exact) mass is 172 g/mol. The molecule has 0 aromatic carbocycles. The van der Waals surface area contributed by atoms with Gasteiger partial charge < -0.3 is 9.47 Å². The Labute approximate surface area is 73.0 Å². The molecule has 0 unspecified atom stereocenters. The van der Waals surface area contributed by atoms with Crippen molar-refractivity contribution in [3.05, 3.63) is 0 Å². The molecule has 3 nitrogen and oxygen atoms in total. The van der Waals surface area contributed by atoms with Gasteiger partial charge in [0.2, 0.25) is 0 Å². The fourth-order valence-electron chi connectivity index (χ4n) is 1.48. The van der Waals surface area contributed by atoms with Crippen LogP contribution in [0.25, 0.3) is 0 Å². The van der Waals surface area contributed by atoms with Crippen molar-refractivity contribution >= 4 is 6.47 Å². The van der Waals surface area contributed by atoms with E-state index >= 15 is 0 Å². The van der Waals surface area contributed by atoms with E-state index < -0.39 is 0 Å². The molecule has 1 saturated heterocycles. The third kappa shape index (κ3) is 3.72. The van der Waals surface area contributed by atoms with Crippen LogP contribution in [0.3, 0.4) is 0 Å². The van der Waals surface area contributed by atoms with E-state index in [0.717, 1.165) is 25.9 Å². The number of rotatable bonds is 6. The third-order valence-corrected chi connectivity index (χ3v) is 2.13. The molecular formula is C9H16O3. The molecule has 0 aromatic heterocycles. The lowest BCUT2D eigenvalue weighted by Gasteiger charge is -2.07. The zero-order valence-electron chi connectivity index (χ0n) is 7.33. The first-order valence-electron chi connectivity index (χ1n) is 4.60. The van der Waals surface area contributed by atoms with Gasteiger partial charge in [-0.25, -0.2) is 0 Å². The van der Waals surface area contributed by atoms with Crippen LogP contribution in [0.4, 0.5) is 0 Å². The van der Waals surface area contributed by atoms with Gasteiger partial charge in [-0.2, -0.15) is 0 Å². The fourth-order valence-corrected chi connectivity index (χ4v) is 1.48. The summed E-state index contributed by atoms with van der Waals surface area (Å²) >= 11 is 0. The second-order valence-corrected chi connectivity index (χ2v) is 3.10. The molecule has 0 N–H and O–H groups in total. The first kappa shape index (κ1) is 9.52. The van der Waals surface area contributed by atoms with E-state index in [1.807, 2.05) is 0 Å². The predicted octanol–water partition coefficient (Wildman–Crippen LogP) is 1.51. The van der Waals surface area contributed by atoms with Crippen molar-refractivity contribution in [2.75, 3.05) is 13.2 Å². The predicted molar refractivity (Wildman–Crippen MR) is 44.8 cm³/mol. The number of ether oxygens (including phenoxy) is 2. The number of hydrogen-bond acceptors (Lipinski definition) is 3. The first-order valence-corrected chi connectivity index (χ1v) is 4.60. The van der Waals surface area contributed by atoms with E-state index in [-0.39, 0.29) is 0 Å². The van der Waals surface area contributed by atoms with Gasteiger partial charge >= 0.3 is 0 Å². The highest BCUT2D eigenvalue weighted by molar-refractivity contribution is 5.36. The van der Waals surface area contributed by atoms with Crippen molar-refractivity contribution in [1.82, 2.24) is 0 Å². The summed E-state index contributed by atoms with van der Waals surface area (Å²) in [5.74, 6) is 0. The summed E-state index contributed by atoms with van der Waals surface area (Å²) in [6, 6.07) is 0. The average molecular weight is 172 g/mol. The Balaban J connectivity index is 1.84. The molecule has 1 atom stereocenters. The highest BCUT2D eigenvalue weighted by atomic mass is 16.5. The standard InChI is InChI=1S/C9H16O3/c10-8-11-6-2-1-4-9-5-3-7-12-9/h8-9H,1-7H2/t9-/m0/s1. The van der Waals surface area contributed by atoms with E-state index in [1.165, 1.54) is 12.8 Å². The Hall–Kier alpha value is -0.570. The van der Waals surface area contributed by atoms with Crippen LogP contribution in [0, 0.1) is 0 Å². The van der Waals surface area contributed by atoms with Crippen LogP contribution in [0.1, 0.15) is 32.1 Å². The van der Waals surface area contributed by atoms with Gasteiger partial charge in [0.05, 0.1) is 12.7 Å². The van der Waals surface area contributed by atoms with Crippen LogP contribution >= 0.6 is 0 Å². The molecule has 1 fully saturated rings. The molecule has 1 aliphatic rings. The molecular weight excluding hydrogens is 156 g/mol. The summed E-state index contributed by atoms with van der Waals surface area (Å²) in [5.41, 5.74) is 0. The fraction of sp³-hybridized carbons (Fsp3) is 0.889. The molecule has 0 aliphatic carbocycles. The number of hydrogen-bond donors (Lipinski definition) is 0. The second kappa shape index (κ2) is 6.00. The van der Waals surface area contributed by atoms with Gasteiger partial charge in [-0.05, 0) is 32.1 Å². The average Bonchev–Trinajstić information content (AvgIpc) is 2.57. The van der Waals surface area contributed by atoms with Crippen LogP contribution in [0.5, 0.6) is 0 Å². The summed E-state index contributed by atoms with van der Waals surface area (Å²) in [4.78, 5) is 9.78. The Kier molecular flexibility index (Phi) is 4.76. The van der Waals surface area contributed by atoms with E-state index in [0.29, 0.717) is 19.2 Å². The molecule has 3 heteroatoms. The highest BCUT2D eigenvalue weighted by Gasteiger charge is 2.14. The summed E-state index contributed by atoms with van der Waals surface area (Å²) in [5, 5.41) is 0. The normalized spacial score (nSPS) is 22.5. The Morgan fingerprint density at radius 3 is 3.08 bits per heavy atom. The summed E-state index contributed by atoms with van der Waals surface area (Å²) in [7, 11) is 0. The molecule has 12 heavy (non-hydrogen) atoms. The molecule has 0 radical (unpaired) electrons. The SMILES string of the molecule is O=COCCCC[C@H]1CCCO1. The minimum Gasteiger partial charge on any atom is -0.468 e. The van der Waals surface area contributed by atoms with Gasteiger partial charge in [0.25, 0.3) is 6.47 Å². The van der Waals surface area contributed by atoms with Gasteiger partial charge in [0.1, 0.15) is 0 Å². The van der Waals surface area contributed by atoms with E-state index in [9.17, 15) is 4.79 Å². The molecule has 1 heterocycles. The molecule has 1 rings (SSSR count). The minimum atomic E-state index is 0.473. The smallest absolute Gasteiger partial charge is 0.293 e. The third-order valence-electron chi connectivity index (χ3n) is 2.13. The van der Waals surface area contributed by atoms with E-state index in [2.05, 4.69) is 4.74 Å². The van der Waals surface area contributed by atoms with Crippen LogP contribution in [-0.4, -0.2) is 25.8 Å². The van der Waals surface area contributed by atoms with Gasteiger partial charge in [-0.1, -0.05) is 0 Å². The molecule has 0 saturated carbocycles. The number of carbonyl (C=O) groups is 1. The van der Waals surface area contributed by atoms with Gasteiger partial charge in [-0.3, -0.25) is 4.79 Å². The van der Waals surface area contributed by atoms with Crippen LogP contribution in [0.2, 0.25) is 0 Å². The molecule has 0 amide bonds. The molecule has 0 bridgehead atoms. The lowest BCUT2D eigenvalue weighted by Crippen LogP contribution is -2.04. The number of unbranched alkanes of at least 4 members (excludes halogenated alkanes) is 1. The van der Waals surface area contributed by atoms with Crippen molar-refractivity contribution in [3.8, 4) is 0 Å². The quantitative estimate of drug-likeness (QED) is 0.450. The van der Waals surface area contributed by atoms with Crippen LogP contribution < -0.4 is 0 Å². The van der Waals surface area contributed by atoms with E-state index in [1.54, 1.807) is 0 Å². The minimum absolute atomic E-state index is 0.473. The first-order chi connectivity index (χ1) is 5.93. The summed E-state index contributed by atoms with van der Waals surface area (Å²) in [6.07, 6.45) is 6.05. The molecule has 0 aromatic rings. The second-order valence-electron chi connectivity index (χ2n) is 3.10. The zero-order chi connectivity index (χ0) is 8.65. The van der Waals surface area contributed by atoms with Gasteiger partial charge in [0.15, 0.2) is 0 Å². The molecule has 1 aliphatic heterocycles. The maximum atomic E-state index is 9.78.